The summed E-state index contributed by atoms with van der Waals surface area (Å²) in [4.78, 5) is 4.02. The topological polar surface area (TPSA) is 92.5 Å². The molecule has 0 spiro atoms. The maximum atomic E-state index is 9.32. The number of nitrogens with one attached hydrogen (secondary N) is 1. The van der Waals surface area contributed by atoms with Crippen LogP contribution in [0.3, 0.4) is 0 Å². The molecule has 22 heavy (non-hydrogen) atoms. The van der Waals surface area contributed by atoms with Gasteiger partial charge < -0.3 is 11.1 Å². The lowest BCUT2D eigenvalue weighted by Crippen LogP contribution is -2.06. The van der Waals surface area contributed by atoms with Crippen molar-refractivity contribution in [1.29, 1.82) is 5.26 Å². The van der Waals surface area contributed by atoms with Crippen molar-refractivity contribution in [3.63, 3.8) is 0 Å². The monoisotopic (exact) mass is 290 g/mol. The molecule has 3 aromatic rings. The van der Waals surface area contributed by atoms with Crippen LogP contribution in [0.1, 0.15) is 11.1 Å². The summed E-state index contributed by atoms with van der Waals surface area (Å²) >= 11 is 0. The molecule has 3 rings (SSSR count). The highest BCUT2D eigenvalue weighted by molar-refractivity contribution is 5.69. The molecular formula is C16H14N6. The molecule has 0 fully saturated rings. The lowest BCUT2D eigenvalue weighted by atomic mass is 10.2. The molecule has 0 aliphatic carbocycles. The summed E-state index contributed by atoms with van der Waals surface area (Å²) in [5.41, 5.74) is 8.19. The summed E-state index contributed by atoms with van der Waals surface area (Å²) in [6.45, 7) is 0.510. The fraction of sp³-hybridized carbons (Fsp3) is 0.0625. The molecule has 2 heterocycles. The summed E-state index contributed by atoms with van der Waals surface area (Å²) in [6.07, 6.45) is 3.34. The van der Waals surface area contributed by atoms with Crippen LogP contribution < -0.4 is 11.1 Å². The van der Waals surface area contributed by atoms with Crippen molar-refractivity contribution in [3.05, 3.63) is 66.0 Å². The minimum atomic E-state index is 0.333. The molecule has 108 valence electrons. The van der Waals surface area contributed by atoms with E-state index < -0.39 is 0 Å². The Labute approximate surface area is 127 Å². The van der Waals surface area contributed by atoms with E-state index in [1.807, 2.05) is 36.4 Å². The number of benzene rings is 1. The SMILES string of the molecule is N#Cc1c(Nc2cccnc2)nn(Cc2ccccc2)c1N. The first kappa shape index (κ1) is 13.6. The molecule has 0 saturated heterocycles. The number of nitriles is 1. The standard InChI is InChI=1S/C16H14N6/c17-9-14-15(18)22(11-12-5-2-1-3-6-12)21-16(14)20-13-7-4-8-19-10-13/h1-8,10H,11,18H2,(H,20,21). The Hall–Kier alpha value is -3.33. The Balaban J connectivity index is 1.92. The number of nitrogen functional groups attached to an aromatic ring is 1. The zero-order valence-corrected chi connectivity index (χ0v) is 11.8. The fourth-order valence-corrected chi connectivity index (χ4v) is 2.12. The Kier molecular flexibility index (Phi) is 3.70. The summed E-state index contributed by atoms with van der Waals surface area (Å²) in [5, 5.41) is 16.8. The Morgan fingerprint density at radius 1 is 1.18 bits per heavy atom. The van der Waals surface area contributed by atoms with E-state index in [0.717, 1.165) is 11.3 Å². The predicted molar refractivity (Wildman–Crippen MR) is 84.4 cm³/mol. The van der Waals surface area contributed by atoms with Crippen LogP contribution in [0.25, 0.3) is 0 Å². The molecule has 0 amide bonds. The third-order valence-corrected chi connectivity index (χ3v) is 3.20. The van der Waals surface area contributed by atoms with Crippen molar-refractivity contribution in [2.75, 3.05) is 11.1 Å². The number of hydrogen-bond donors (Lipinski definition) is 2. The van der Waals surface area contributed by atoms with Gasteiger partial charge in [-0.3, -0.25) is 4.98 Å². The predicted octanol–water partition coefficient (Wildman–Crippen LogP) is 2.52. The van der Waals surface area contributed by atoms with Crippen molar-refractivity contribution >= 4 is 17.3 Å². The van der Waals surface area contributed by atoms with Gasteiger partial charge in [-0.15, -0.1) is 0 Å². The lowest BCUT2D eigenvalue weighted by molar-refractivity contribution is 0.700. The minimum absolute atomic E-state index is 0.333. The second-order valence-corrected chi connectivity index (χ2v) is 4.73. The Morgan fingerprint density at radius 2 is 2.00 bits per heavy atom. The van der Waals surface area contributed by atoms with Crippen LogP contribution in [0.5, 0.6) is 0 Å². The highest BCUT2D eigenvalue weighted by Crippen LogP contribution is 2.24. The molecule has 0 aliphatic heterocycles. The molecule has 0 unspecified atom stereocenters. The fourth-order valence-electron chi connectivity index (χ4n) is 2.12. The van der Waals surface area contributed by atoms with Gasteiger partial charge in [0, 0.05) is 6.20 Å². The summed E-state index contributed by atoms with van der Waals surface area (Å²) in [7, 11) is 0. The average Bonchev–Trinajstić information content (AvgIpc) is 2.84. The van der Waals surface area contributed by atoms with Gasteiger partial charge in [0.2, 0.25) is 0 Å². The van der Waals surface area contributed by atoms with Gasteiger partial charge in [0.05, 0.1) is 18.4 Å². The molecule has 0 saturated carbocycles. The van der Waals surface area contributed by atoms with Gasteiger partial charge in [0.1, 0.15) is 17.5 Å². The van der Waals surface area contributed by atoms with Gasteiger partial charge >= 0.3 is 0 Å². The maximum absolute atomic E-state index is 9.32. The molecular weight excluding hydrogens is 276 g/mol. The Bertz CT molecular complexity index is 802. The number of rotatable bonds is 4. The van der Waals surface area contributed by atoms with Crippen LogP contribution in [0.15, 0.2) is 54.9 Å². The van der Waals surface area contributed by atoms with Gasteiger partial charge in [0.25, 0.3) is 0 Å². The first-order valence-corrected chi connectivity index (χ1v) is 6.75. The van der Waals surface area contributed by atoms with Crippen LogP contribution in [0.4, 0.5) is 17.3 Å². The normalized spacial score (nSPS) is 10.1. The van der Waals surface area contributed by atoms with Gasteiger partial charge in [-0.2, -0.15) is 10.4 Å². The molecule has 0 atom stereocenters. The molecule has 0 aliphatic rings. The Morgan fingerprint density at radius 3 is 2.68 bits per heavy atom. The van der Waals surface area contributed by atoms with E-state index in [4.69, 9.17) is 5.73 Å². The lowest BCUT2D eigenvalue weighted by Gasteiger charge is -2.03. The van der Waals surface area contributed by atoms with E-state index in [9.17, 15) is 5.26 Å². The number of nitrogens with zero attached hydrogens (tertiary/aromatic N) is 4. The van der Waals surface area contributed by atoms with Crippen LogP contribution in [0.2, 0.25) is 0 Å². The summed E-state index contributed by atoms with van der Waals surface area (Å²) in [6, 6.07) is 15.6. The zero-order valence-electron chi connectivity index (χ0n) is 11.8. The number of nitrogens with two attached hydrogens (primary N) is 1. The number of aromatic nitrogens is 3. The van der Waals surface area contributed by atoms with Crippen LogP contribution in [0, 0.1) is 11.3 Å². The van der Waals surface area contributed by atoms with Crippen molar-refractivity contribution in [2.45, 2.75) is 6.54 Å². The maximum Gasteiger partial charge on any atom is 0.172 e. The largest absolute Gasteiger partial charge is 0.383 e. The van der Waals surface area contributed by atoms with E-state index >= 15 is 0 Å². The van der Waals surface area contributed by atoms with Gasteiger partial charge in [-0.05, 0) is 17.7 Å². The second kappa shape index (κ2) is 5.97. The summed E-state index contributed by atoms with van der Waals surface area (Å²) < 4.78 is 1.62. The van der Waals surface area contributed by atoms with E-state index in [-0.39, 0.29) is 0 Å². The summed E-state index contributed by atoms with van der Waals surface area (Å²) in [5.74, 6) is 0.779. The van der Waals surface area contributed by atoms with Crippen molar-refractivity contribution < 1.29 is 0 Å². The molecule has 3 N–H and O–H groups in total. The molecule has 2 aromatic heterocycles. The first-order valence-electron chi connectivity index (χ1n) is 6.75. The van der Waals surface area contributed by atoms with E-state index in [0.29, 0.717) is 23.7 Å². The van der Waals surface area contributed by atoms with Crippen molar-refractivity contribution in [2.24, 2.45) is 0 Å². The smallest absolute Gasteiger partial charge is 0.172 e. The highest BCUT2D eigenvalue weighted by atomic mass is 15.3. The van der Waals surface area contributed by atoms with Crippen LogP contribution in [-0.2, 0) is 6.54 Å². The van der Waals surface area contributed by atoms with Crippen LogP contribution in [-0.4, -0.2) is 14.8 Å². The van der Waals surface area contributed by atoms with E-state index in [2.05, 4.69) is 21.5 Å². The average molecular weight is 290 g/mol. The molecule has 0 radical (unpaired) electrons. The third-order valence-electron chi connectivity index (χ3n) is 3.20. The third kappa shape index (κ3) is 2.74. The second-order valence-electron chi connectivity index (χ2n) is 4.73. The minimum Gasteiger partial charge on any atom is -0.383 e. The zero-order chi connectivity index (χ0) is 15.4. The molecule has 1 aromatic carbocycles. The van der Waals surface area contributed by atoms with Crippen molar-refractivity contribution in [1.82, 2.24) is 14.8 Å². The molecule has 0 bridgehead atoms. The highest BCUT2D eigenvalue weighted by Gasteiger charge is 2.15. The first-order chi connectivity index (χ1) is 10.8. The van der Waals surface area contributed by atoms with Crippen LogP contribution >= 0.6 is 0 Å². The number of hydrogen-bond acceptors (Lipinski definition) is 5. The van der Waals surface area contributed by atoms with Gasteiger partial charge in [-0.1, -0.05) is 30.3 Å². The number of anilines is 3. The molecule has 6 nitrogen and oxygen atoms in total. The van der Waals surface area contributed by atoms with Gasteiger partial charge in [0.15, 0.2) is 5.82 Å². The van der Waals surface area contributed by atoms with E-state index in [1.54, 1.807) is 23.1 Å². The van der Waals surface area contributed by atoms with Gasteiger partial charge in [-0.25, -0.2) is 4.68 Å². The van der Waals surface area contributed by atoms with Crippen molar-refractivity contribution in [3.8, 4) is 6.07 Å². The quantitative estimate of drug-likeness (QED) is 0.770. The number of pyridine rings is 1. The molecule has 6 heteroatoms. The van der Waals surface area contributed by atoms with E-state index in [1.165, 1.54) is 0 Å².